The lowest BCUT2D eigenvalue weighted by molar-refractivity contribution is -0.138. The molecule has 3 heteroatoms. The van der Waals surface area contributed by atoms with Gasteiger partial charge in [-0.3, -0.25) is 4.79 Å². The number of rotatable bonds is 1. The van der Waals surface area contributed by atoms with E-state index in [-0.39, 0.29) is 5.92 Å². The second kappa shape index (κ2) is 4.30. The van der Waals surface area contributed by atoms with Crippen LogP contribution in [0.25, 0.3) is 0 Å². The van der Waals surface area contributed by atoms with Crippen molar-refractivity contribution in [1.29, 1.82) is 0 Å². The minimum absolute atomic E-state index is 0.184. The highest BCUT2D eigenvalue weighted by atomic mass is 16.5. The topological polar surface area (TPSA) is 29.5 Å². The summed E-state index contributed by atoms with van der Waals surface area (Å²) in [5.41, 5.74) is 2.74. The van der Waals surface area contributed by atoms with E-state index < -0.39 is 0 Å². The van der Waals surface area contributed by atoms with Gasteiger partial charge in [0.2, 0.25) is 5.91 Å². The van der Waals surface area contributed by atoms with Crippen LogP contribution in [0.2, 0.25) is 0 Å². The van der Waals surface area contributed by atoms with Crippen LogP contribution in [0.3, 0.4) is 0 Å². The van der Waals surface area contributed by atoms with Crippen molar-refractivity contribution >= 4 is 5.91 Å². The molecule has 0 aromatic heterocycles. The molecule has 1 aliphatic carbocycles. The first-order valence-electron chi connectivity index (χ1n) is 6.62. The van der Waals surface area contributed by atoms with Crippen LogP contribution < -0.4 is 4.74 Å². The lowest BCUT2D eigenvalue weighted by Crippen LogP contribution is -2.44. The largest absolute Gasteiger partial charge is 0.497 e. The first kappa shape index (κ1) is 11.6. The van der Waals surface area contributed by atoms with Crippen molar-refractivity contribution in [3.05, 3.63) is 29.3 Å². The molecule has 18 heavy (non-hydrogen) atoms. The summed E-state index contributed by atoms with van der Waals surface area (Å²) in [6, 6.07) is 6.31. The van der Waals surface area contributed by atoms with Gasteiger partial charge in [-0.05, 0) is 48.4 Å². The number of hydrogen-bond donors (Lipinski definition) is 0. The summed E-state index contributed by atoms with van der Waals surface area (Å²) >= 11 is 0. The molecule has 0 unspecified atom stereocenters. The van der Waals surface area contributed by atoms with Crippen LogP contribution in [0, 0.1) is 5.92 Å². The number of aryl methyl sites for hydroxylation is 1. The van der Waals surface area contributed by atoms with Crippen LogP contribution in [-0.4, -0.2) is 31.5 Å². The first-order chi connectivity index (χ1) is 8.70. The second-order valence-corrected chi connectivity index (χ2v) is 5.36. The molecule has 1 fully saturated rings. The quantitative estimate of drug-likeness (QED) is 0.759. The van der Waals surface area contributed by atoms with Crippen LogP contribution in [-0.2, 0) is 11.2 Å². The predicted octanol–water partition coefficient (Wildman–Crippen LogP) is 2.20. The number of nitrogens with zero attached hydrogens (tertiary/aromatic N) is 1. The average molecular weight is 245 g/mol. The van der Waals surface area contributed by atoms with Gasteiger partial charge in [0.1, 0.15) is 5.75 Å². The number of fused-ring (bicyclic) bond motifs is 3. The Morgan fingerprint density at radius 3 is 2.89 bits per heavy atom. The number of hydrogen-bond acceptors (Lipinski definition) is 2. The van der Waals surface area contributed by atoms with Gasteiger partial charge in [0.15, 0.2) is 0 Å². The minimum atomic E-state index is 0.184. The van der Waals surface area contributed by atoms with Crippen molar-refractivity contribution in [2.45, 2.75) is 25.2 Å². The van der Waals surface area contributed by atoms with Gasteiger partial charge < -0.3 is 9.64 Å². The monoisotopic (exact) mass is 245 g/mol. The number of piperidine rings is 1. The molecule has 1 aromatic rings. The smallest absolute Gasteiger partial charge is 0.226 e. The zero-order valence-electron chi connectivity index (χ0n) is 11.0. The van der Waals surface area contributed by atoms with Crippen LogP contribution in [0.1, 0.15) is 29.9 Å². The van der Waals surface area contributed by atoms with Gasteiger partial charge in [-0.15, -0.1) is 0 Å². The maximum atomic E-state index is 12.2. The van der Waals surface area contributed by atoms with Crippen molar-refractivity contribution < 1.29 is 9.53 Å². The third-order valence-electron chi connectivity index (χ3n) is 4.43. The second-order valence-electron chi connectivity index (χ2n) is 5.36. The van der Waals surface area contributed by atoms with E-state index in [0.717, 1.165) is 31.6 Å². The molecule has 1 amide bonds. The summed E-state index contributed by atoms with van der Waals surface area (Å²) in [5.74, 6) is 1.80. The SMILES string of the molecule is COc1ccc2c(c1)[C@@H]1CCN(C)C(=O)[C@H]1CC2. The lowest BCUT2D eigenvalue weighted by atomic mass is 9.71. The number of methoxy groups -OCH3 is 1. The Bertz CT molecular complexity index is 483. The minimum Gasteiger partial charge on any atom is -0.497 e. The first-order valence-corrected chi connectivity index (χ1v) is 6.62. The van der Waals surface area contributed by atoms with Crippen molar-refractivity contribution in [1.82, 2.24) is 4.90 Å². The Morgan fingerprint density at radius 2 is 2.11 bits per heavy atom. The van der Waals surface area contributed by atoms with E-state index in [1.54, 1.807) is 7.11 Å². The third-order valence-corrected chi connectivity index (χ3v) is 4.43. The Hall–Kier alpha value is -1.51. The van der Waals surface area contributed by atoms with E-state index in [1.165, 1.54) is 11.1 Å². The highest BCUT2D eigenvalue weighted by Gasteiger charge is 2.39. The van der Waals surface area contributed by atoms with Crippen molar-refractivity contribution in [2.24, 2.45) is 5.92 Å². The molecule has 1 aliphatic heterocycles. The van der Waals surface area contributed by atoms with E-state index >= 15 is 0 Å². The fourth-order valence-corrected chi connectivity index (χ4v) is 3.38. The Balaban J connectivity index is 1.99. The number of benzene rings is 1. The van der Waals surface area contributed by atoms with E-state index in [2.05, 4.69) is 12.1 Å². The molecular formula is C15H19NO2. The molecule has 0 spiro atoms. The summed E-state index contributed by atoms with van der Waals surface area (Å²) < 4.78 is 5.31. The highest BCUT2D eigenvalue weighted by Crippen LogP contribution is 2.42. The van der Waals surface area contributed by atoms with E-state index in [1.807, 2.05) is 18.0 Å². The molecule has 1 saturated heterocycles. The maximum Gasteiger partial charge on any atom is 0.226 e. The van der Waals surface area contributed by atoms with Gasteiger partial charge >= 0.3 is 0 Å². The maximum absolute atomic E-state index is 12.2. The molecule has 1 aromatic carbocycles. The fraction of sp³-hybridized carbons (Fsp3) is 0.533. The highest BCUT2D eigenvalue weighted by molar-refractivity contribution is 5.81. The fourth-order valence-electron chi connectivity index (χ4n) is 3.38. The molecule has 0 N–H and O–H groups in total. The molecule has 3 rings (SSSR count). The molecule has 96 valence electrons. The van der Waals surface area contributed by atoms with E-state index in [9.17, 15) is 4.79 Å². The molecule has 1 heterocycles. The van der Waals surface area contributed by atoms with Gasteiger partial charge in [0.05, 0.1) is 7.11 Å². The third kappa shape index (κ3) is 1.69. The summed E-state index contributed by atoms with van der Waals surface area (Å²) in [6.07, 6.45) is 3.08. The van der Waals surface area contributed by atoms with E-state index in [0.29, 0.717) is 11.8 Å². The average Bonchev–Trinajstić information content (AvgIpc) is 2.41. The standard InChI is InChI=1S/C15H19NO2/c1-16-8-7-12-13(15(16)17)6-4-10-3-5-11(18-2)9-14(10)12/h3,5,9,12-13H,4,6-8H2,1-2H3/t12-,13+/m1/s1. The number of amides is 1. The van der Waals surface area contributed by atoms with E-state index in [4.69, 9.17) is 4.74 Å². The molecule has 0 bridgehead atoms. The van der Waals surface area contributed by atoms with Crippen LogP contribution >= 0.6 is 0 Å². The Labute approximate surface area is 108 Å². The van der Waals surface area contributed by atoms with Gasteiger partial charge in [-0.2, -0.15) is 0 Å². The summed E-state index contributed by atoms with van der Waals surface area (Å²) in [5, 5.41) is 0. The Morgan fingerprint density at radius 1 is 1.28 bits per heavy atom. The lowest BCUT2D eigenvalue weighted by Gasteiger charge is -2.40. The van der Waals surface area contributed by atoms with Crippen LogP contribution in [0.4, 0.5) is 0 Å². The number of ether oxygens (including phenoxy) is 1. The Kier molecular flexibility index (Phi) is 2.77. The molecule has 2 atom stereocenters. The molecule has 0 radical (unpaired) electrons. The number of likely N-dealkylation sites (tertiary alicyclic amines) is 1. The normalized spacial score (nSPS) is 26.6. The van der Waals surface area contributed by atoms with Crippen LogP contribution in [0.5, 0.6) is 5.75 Å². The zero-order valence-corrected chi connectivity index (χ0v) is 11.0. The summed E-state index contributed by atoms with van der Waals surface area (Å²) in [7, 11) is 3.61. The van der Waals surface area contributed by atoms with Gasteiger partial charge in [0, 0.05) is 19.5 Å². The summed E-state index contributed by atoms with van der Waals surface area (Å²) in [6.45, 7) is 0.872. The van der Waals surface area contributed by atoms with Gasteiger partial charge in [-0.25, -0.2) is 0 Å². The number of carbonyl (C=O) groups excluding carboxylic acids is 1. The van der Waals surface area contributed by atoms with Gasteiger partial charge in [0.25, 0.3) is 0 Å². The molecule has 3 nitrogen and oxygen atoms in total. The summed E-state index contributed by atoms with van der Waals surface area (Å²) in [4.78, 5) is 14.1. The molecule has 2 aliphatic rings. The van der Waals surface area contributed by atoms with Gasteiger partial charge in [-0.1, -0.05) is 6.07 Å². The molecule has 0 saturated carbocycles. The zero-order chi connectivity index (χ0) is 12.7. The molecular weight excluding hydrogens is 226 g/mol. The van der Waals surface area contributed by atoms with Crippen molar-refractivity contribution in [3.8, 4) is 5.75 Å². The van der Waals surface area contributed by atoms with Crippen molar-refractivity contribution in [2.75, 3.05) is 20.7 Å². The predicted molar refractivity (Wildman–Crippen MR) is 69.8 cm³/mol. The van der Waals surface area contributed by atoms with Crippen LogP contribution in [0.15, 0.2) is 18.2 Å². The number of carbonyl (C=O) groups is 1. The van der Waals surface area contributed by atoms with Crippen molar-refractivity contribution in [3.63, 3.8) is 0 Å².